The highest BCUT2D eigenvalue weighted by Gasteiger charge is 1.90. The molecule has 0 aliphatic carbocycles. The van der Waals surface area contributed by atoms with Gasteiger partial charge in [0, 0.05) is 11.0 Å². The zero-order valence-corrected chi connectivity index (χ0v) is 10.7. The molecule has 5 heteroatoms. The molecule has 0 atom stereocenters. The van der Waals surface area contributed by atoms with E-state index in [1.807, 2.05) is 32.1 Å². The molecule has 0 spiro atoms. The van der Waals surface area contributed by atoms with Gasteiger partial charge in [0.15, 0.2) is 7.05 Å². The summed E-state index contributed by atoms with van der Waals surface area (Å²) in [6.07, 6.45) is 9.99. The van der Waals surface area contributed by atoms with Crippen LogP contribution in [0.5, 0.6) is 0 Å². The van der Waals surface area contributed by atoms with Crippen molar-refractivity contribution in [2.75, 3.05) is 14.2 Å². The van der Waals surface area contributed by atoms with Crippen LogP contribution in [0.25, 0.3) is 0 Å². The van der Waals surface area contributed by atoms with Gasteiger partial charge in [-0.25, -0.2) is 4.79 Å². The van der Waals surface area contributed by atoms with Crippen molar-refractivity contribution < 1.29 is 14.5 Å². The molecule has 0 heterocycles. The second kappa shape index (κ2) is 12.2. The third-order valence-corrected chi connectivity index (χ3v) is 1.56. The molecule has 0 aliphatic heterocycles. The molecule has 0 aromatic carbocycles. The summed E-state index contributed by atoms with van der Waals surface area (Å²) in [5, 5.41) is 8.81. The highest BCUT2D eigenvalue weighted by molar-refractivity contribution is 5.81. The number of carbonyl (C=O) groups excluding carboxylic acids is 1. The number of allylic oxidation sites excluding steroid dienone is 5. The fourth-order valence-electron chi connectivity index (χ4n) is 0.855. The maximum absolute atomic E-state index is 10.7. The fraction of sp³-hybridized carbons (Fsp3) is 0.417. The van der Waals surface area contributed by atoms with Crippen molar-refractivity contribution in [1.82, 2.24) is 0 Å². The molecule has 0 bridgehead atoms. The summed E-state index contributed by atoms with van der Waals surface area (Å²) in [6, 6.07) is 0. The van der Waals surface area contributed by atoms with Gasteiger partial charge >= 0.3 is 5.97 Å². The first-order valence-electron chi connectivity index (χ1n) is 5.08. The predicted molar refractivity (Wildman–Crippen MR) is 67.3 cm³/mol. The second-order valence-electron chi connectivity index (χ2n) is 2.93. The van der Waals surface area contributed by atoms with Crippen LogP contribution in [0.15, 0.2) is 36.0 Å². The zero-order chi connectivity index (χ0) is 13.7. The quantitative estimate of drug-likeness (QED) is 0.249. The first kappa shape index (κ1) is 17.5. The molecule has 0 aliphatic rings. The highest BCUT2D eigenvalue weighted by atomic mass is 16.6. The van der Waals surface area contributed by atoms with Crippen LogP contribution < -0.4 is 0 Å². The van der Waals surface area contributed by atoms with Gasteiger partial charge in [-0.05, 0) is 25.8 Å². The van der Waals surface area contributed by atoms with E-state index in [4.69, 9.17) is 10.1 Å². The summed E-state index contributed by atoms with van der Waals surface area (Å²) in [4.78, 5) is 19.0. The summed E-state index contributed by atoms with van der Waals surface area (Å²) in [7, 11) is 2.26. The molecule has 0 fully saturated rings. The van der Waals surface area contributed by atoms with Gasteiger partial charge in [-0.3, -0.25) is 10.1 Å². The van der Waals surface area contributed by atoms with Gasteiger partial charge in [-0.1, -0.05) is 24.3 Å². The number of methoxy groups -OCH3 is 1. The van der Waals surface area contributed by atoms with Crippen molar-refractivity contribution in [2.45, 2.75) is 20.3 Å². The van der Waals surface area contributed by atoms with Gasteiger partial charge in [0.25, 0.3) is 0 Å². The van der Waals surface area contributed by atoms with Gasteiger partial charge in [0.05, 0.1) is 7.11 Å². The Morgan fingerprint density at radius 1 is 1.35 bits per heavy atom. The Labute approximate surface area is 102 Å². The lowest BCUT2D eigenvalue weighted by atomic mass is 10.1. The monoisotopic (exact) mass is 241 g/mol. The topological polar surface area (TPSA) is 69.4 Å². The lowest BCUT2D eigenvalue weighted by molar-refractivity contribution is -0.445. The lowest BCUT2D eigenvalue weighted by Gasteiger charge is -1.94. The SMILES string of the molecule is C/C=C\C(=C/C)C/C=C/C(=O)OC.C[N+](=O)[O-]. The van der Waals surface area contributed by atoms with Crippen molar-refractivity contribution in [2.24, 2.45) is 0 Å². The summed E-state index contributed by atoms with van der Waals surface area (Å²) >= 11 is 0. The van der Waals surface area contributed by atoms with Crippen molar-refractivity contribution in [3.8, 4) is 0 Å². The largest absolute Gasteiger partial charge is 0.466 e. The maximum atomic E-state index is 10.7. The van der Waals surface area contributed by atoms with E-state index in [1.54, 1.807) is 6.08 Å². The number of esters is 1. The fourth-order valence-corrected chi connectivity index (χ4v) is 0.855. The van der Waals surface area contributed by atoms with E-state index in [-0.39, 0.29) is 5.97 Å². The van der Waals surface area contributed by atoms with Gasteiger partial charge in [0.2, 0.25) is 0 Å². The molecule has 0 aromatic heterocycles. The molecule has 0 unspecified atom stereocenters. The zero-order valence-electron chi connectivity index (χ0n) is 10.7. The van der Waals surface area contributed by atoms with Crippen LogP contribution in [-0.2, 0) is 9.53 Å². The minimum Gasteiger partial charge on any atom is -0.466 e. The average Bonchev–Trinajstić information content (AvgIpc) is 2.26. The predicted octanol–water partition coefficient (Wildman–Crippen LogP) is 2.52. The Kier molecular flexibility index (Phi) is 12.5. The van der Waals surface area contributed by atoms with Gasteiger partial charge in [-0.15, -0.1) is 0 Å². The molecule has 0 N–H and O–H groups in total. The molecule has 0 saturated carbocycles. The molecular weight excluding hydrogens is 222 g/mol. The summed E-state index contributed by atoms with van der Waals surface area (Å²) in [5.41, 5.74) is 1.18. The van der Waals surface area contributed by atoms with E-state index < -0.39 is 4.92 Å². The van der Waals surface area contributed by atoms with Crippen LogP contribution in [-0.4, -0.2) is 25.1 Å². The Hall–Kier alpha value is -1.91. The molecule has 0 amide bonds. The van der Waals surface area contributed by atoms with Crippen LogP contribution in [0.1, 0.15) is 20.3 Å². The van der Waals surface area contributed by atoms with Crippen LogP contribution in [0.3, 0.4) is 0 Å². The van der Waals surface area contributed by atoms with E-state index in [1.165, 1.54) is 18.8 Å². The Balaban J connectivity index is 0. The molecule has 0 rings (SSSR count). The molecule has 96 valence electrons. The molecule has 0 radical (unpaired) electrons. The Morgan fingerprint density at radius 2 is 1.88 bits per heavy atom. The van der Waals surface area contributed by atoms with E-state index in [0.717, 1.165) is 13.5 Å². The molecule has 5 nitrogen and oxygen atoms in total. The summed E-state index contributed by atoms with van der Waals surface area (Å²) in [6.45, 7) is 3.94. The number of nitrogens with zero attached hydrogens (tertiary/aromatic N) is 1. The van der Waals surface area contributed by atoms with Crippen LogP contribution in [0.2, 0.25) is 0 Å². The van der Waals surface area contributed by atoms with E-state index in [0.29, 0.717) is 0 Å². The second-order valence-corrected chi connectivity index (χ2v) is 2.93. The minimum atomic E-state index is -0.500. The van der Waals surface area contributed by atoms with E-state index in [2.05, 4.69) is 4.74 Å². The van der Waals surface area contributed by atoms with Crippen LogP contribution in [0.4, 0.5) is 0 Å². The van der Waals surface area contributed by atoms with Gasteiger partial charge < -0.3 is 4.74 Å². The average molecular weight is 241 g/mol. The minimum absolute atomic E-state index is 0.309. The first-order valence-corrected chi connectivity index (χ1v) is 5.08. The third-order valence-electron chi connectivity index (χ3n) is 1.56. The summed E-state index contributed by atoms with van der Waals surface area (Å²) < 4.78 is 4.46. The normalized spacial score (nSPS) is 11.2. The lowest BCUT2D eigenvalue weighted by Crippen LogP contribution is -1.93. The Morgan fingerprint density at radius 3 is 2.24 bits per heavy atom. The van der Waals surface area contributed by atoms with E-state index in [9.17, 15) is 4.79 Å². The maximum Gasteiger partial charge on any atom is 0.330 e. The van der Waals surface area contributed by atoms with E-state index >= 15 is 0 Å². The molecular formula is C12H19NO4. The standard InChI is InChI=1S/C11H16O2.CH3NO2/c1-4-7-10(5-2)8-6-9-11(12)13-3;1-2(3)4/h4-7,9H,8H2,1-3H3;1H3/b7-4-,9-6+,10-5+;. The van der Waals surface area contributed by atoms with Gasteiger partial charge in [-0.2, -0.15) is 0 Å². The highest BCUT2D eigenvalue weighted by Crippen LogP contribution is 2.03. The van der Waals surface area contributed by atoms with Crippen LogP contribution in [0, 0.1) is 10.1 Å². The van der Waals surface area contributed by atoms with Crippen molar-refractivity contribution in [3.05, 3.63) is 46.1 Å². The number of hydrogen-bond acceptors (Lipinski definition) is 4. The number of hydrogen-bond donors (Lipinski definition) is 0. The number of nitro groups is 1. The van der Waals surface area contributed by atoms with Gasteiger partial charge in [0.1, 0.15) is 0 Å². The smallest absolute Gasteiger partial charge is 0.330 e. The van der Waals surface area contributed by atoms with Crippen molar-refractivity contribution >= 4 is 5.97 Å². The summed E-state index contributed by atoms with van der Waals surface area (Å²) in [5.74, 6) is -0.309. The number of carbonyl (C=O) groups is 1. The Bertz CT molecular complexity index is 312. The third kappa shape index (κ3) is 16.7. The molecule has 17 heavy (non-hydrogen) atoms. The molecule has 0 aromatic rings. The number of ether oxygens (including phenoxy) is 1. The van der Waals surface area contributed by atoms with Crippen molar-refractivity contribution in [3.63, 3.8) is 0 Å². The number of rotatable bonds is 4. The van der Waals surface area contributed by atoms with Crippen LogP contribution >= 0.6 is 0 Å². The van der Waals surface area contributed by atoms with Crippen molar-refractivity contribution in [1.29, 1.82) is 0 Å². The molecule has 0 saturated heterocycles. The first-order chi connectivity index (χ1) is 7.97.